The summed E-state index contributed by atoms with van der Waals surface area (Å²) in [6.45, 7) is 0.993. The van der Waals surface area contributed by atoms with Gasteiger partial charge in [0.05, 0.1) is 6.54 Å². The lowest BCUT2D eigenvalue weighted by molar-refractivity contribution is -0.134. The summed E-state index contributed by atoms with van der Waals surface area (Å²) in [6.07, 6.45) is 3.37. The zero-order valence-electron chi connectivity index (χ0n) is 17.5. The standard InChI is InChI=1S/C23H24F2N6O/c24-18-9-7-17(8-10-18)22(27)20(31-13-3-6-21(31)32)14-29-23(30-15-26)28-12-11-16-4-1-2-5-19(16)25/h1-2,4-5,7-10,20,27H,3,6,11-14H2,(H2,28,29,30)/p+1. The van der Waals surface area contributed by atoms with Crippen LogP contribution in [-0.2, 0) is 11.2 Å². The summed E-state index contributed by atoms with van der Waals surface area (Å²) in [5.74, 6) is -0.506. The Kier molecular flexibility index (Phi) is 7.86. The summed E-state index contributed by atoms with van der Waals surface area (Å²) in [7, 11) is 0. The van der Waals surface area contributed by atoms with Gasteiger partial charge in [-0.25, -0.2) is 13.8 Å². The van der Waals surface area contributed by atoms with E-state index in [1.54, 1.807) is 35.2 Å². The van der Waals surface area contributed by atoms with Crippen LogP contribution in [0.15, 0.2) is 53.5 Å². The topological polar surface area (TPSA) is 106 Å². The lowest BCUT2D eigenvalue weighted by Gasteiger charge is -2.24. The Balaban J connectivity index is 1.72. The van der Waals surface area contributed by atoms with Gasteiger partial charge in [-0.2, -0.15) is 5.26 Å². The first-order chi connectivity index (χ1) is 15.5. The Morgan fingerprint density at radius 3 is 2.62 bits per heavy atom. The minimum absolute atomic E-state index is 0.0300. The van der Waals surface area contributed by atoms with Crippen LogP contribution < -0.4 is 16.0 Å². The predicted octanol–water partition coefficient (Wildman–Crippen LogP) is 0.763. The number of amides is 1. The average Bonchev–Trinajstić information content (AvgIpc) is 3.21. The molecule has 0 bridgehead atoms. The first-order valence-corrected chi connectivity index (χ1v) is 10.3. The van der Waals surface area contributed by atoms with E-state index < -0.39 is 6.04 Å². The summed E-state index contributed by atoms with van der Waals surface area (Å²) in [4.78, 5) is 18.4. The van der Waals surface area contributed by atoms with Crippen LogP contribution >= 0.6 is 0 Å². The van der Waals surface area contributed by atoms with E-state index in [4.69, 9.17) is 10.7 Å². The Morgan fingerprint density at radius 1 is 1.22 bits per heavy atom. The van der Waals surface area contributed by atoms with Gasteiger partial charge in [0.1, 0.15) is 17.7 Å². The van der Waals surface area contributed by atoms with Crippen LogP contribution in [0, 0.1) is 23.1 Å². The summed E-state index contributed by atoms with van der Waals surface area (Å²) in [5.41, 5.74) is 1.55. The fourth-order valence-corrected chi connectivity index (χ4v) is 3.59. The molecule has 1 heterocycles. The number of likely N-dealkylation sites (tertiary alicyclic amines) is 1. The van der Waals surface area contributed by atoms with Crippen LogP contribution in [0.4, 0.5) is 8.78 Å². The Morgan fingerprint density at radius 2 is 1.97 bits per heavy atom. The minimum Gasteiger partial charge on any atom is -0.355 e. The second kappa shape index (κ2) is 11.0. The molecule has 4 N–H and O–H groups in total. The van der Waals surface area contributed by atoms with Crippen molar-refractivity contribution in [3.05, 3.63) is 71.3 Å². The normalized spacial score (nSPS) is 14.7. The first-order valence-electron chi connectivity index (χ1n) is 10.3. The molecule has 0 saturated carbocycles. The number of aliphatic imine (C=N–C) groups is 1. The van der Waals surface area contributed by atoms with Gasteiger partial charge in [-0.1, -0.05) is 18.2 Å². The molecule has 1 aliphatic heterocycles. The number of guanidine groups is 1. The molecule has 0 spiro atoms. The van der Waals surface area contributed by atoms with E-state index in [-0.39, 0.29) is 30.0 Å². The third-order valence-corrected chi connectivity index (χ3v) is 5.26. The molecule has 0 aromatic heterocycles. The maximum atomic E-state index is 13.8. The highest BCUT2D eigenvalue weighted by atomic mass is 19.1. The maximum absolute atomic E-state index is 13.8. The molecule has 1 aliphatic rings. The van der Waals surface area contributed by atoms with Crippen LogP contribution in [0.5, 0.6) is 0 Å². The number of hydrogen-bond donors (Lipinski definition) is 3. The average molecular weight is 439 g/mol. The van der Waals surface area contributed by atoms with E-state index in [0.717, 1.165) is 6.42 Å². The molecule has 1 atom stereocenters. The number of nitriles is 1. The van der Waals surface area contributed by atoms with Crippen molar-refractivity contribution in [1.82, 2.24) is 15.5 Å². The highest BCUT2D eigenvalue weighted by Crippen LogP contribution is 2.17. The van der Waals surface area contributed by atoms with Crippen molar-refractivity contribution in [2.45, 2.75) is 25.3 Å². The van der Waals surface area contributed by atoms with Crippen molar-refractivity contribution in [3.63, 3.8) is 0 Å². The number of carbonyl (C=O) groups excluding carboxylic acids is 1. The number of rotatable bonds is 8. The lowest BCUT2D eigenvalue weighted by Crippen LogP contribution is -2.56. The van der Waals surface area contributed by atoms with Crippen molar-refractivity contribution in [2.24, 2.45) is 4.99 Å². The highest BCUT2D eigenvalue weighted by Gasteiger charge is 2.34. The van der Waals surface area contributed by atoms with Crippen LogP contribution in [-0.4, -0.2) is 48.2 Å². The number of nitrogens with two attached hydrogens (primary N) is 1. The van der Waals surface area contributed by atoms with Crippen LogP contribution in [0.3, 0.4) is 0 Å². The fraction of sp³-hybridized carbons (Fsp3) is 0.304. The number of nitrogens with one attached hydrogen (secondary N) is 2. The molecule has 0 radical (unpaired) electrons. The number of nitrogens with zero attached hydrogens (tertiary/aromatic N) is 3. The van der Waals surface area contributed by atoms with Crippen LogP contribution in [0.2, 0.25) is 0 Å². The molecule has 32 heavy (non-hydrogen) atoms. The summed E-state index contributed by atoms with van der Waals surface area (Å²) >= 11 is 0. The molecule has 1 unspecified atom stereocenters. The molecule has 166 valence electrons. The Hall–Kier alpha value is -3.80. The van der Waals surface area contributed by atoms with Gasteiger partial charge < -0.3 is 10.2 Å². The van der Waals surface area contributed by atoms with Gasteiger partial charge >= 0.3 is 0 Å². The molecule has 2 aromatic carbocycles. The zero-order chi connectivity index (χ0) is 22.9. The zero-order valence-corrected chi connectivity index (χ0v) is 17.5. The van der Waals surface area contributed by atoms with E-state index in [1.165, 1.54) is 18.2 Å². The van der Waals surface area contributed by atoms with E-state index in [1.807, 2.05) is 6.19 Å². The quantitative estimate of drug-likeness (QED) is 0.244. The van der Waals surface area contributed by atoms with Gasteiger partial charge in [-0.05, 0) is 48.7 Å². The van der Waals surface area contributed by atoms with E-state index in [0.29, 0.717) is 42.8 Å². The molecule has 0 aliphatic carbocycles. The smallest absolute Gasteiger partial charge is 0.223 e. The second-order valence-corrected chi connectivity index (χ2v) is 7.36. The monoisotopic (exact) mass is 439 g/mol. The second-order valence-electron chi connectivity index (χ2n) is 7.36. The SMILES string of the molecule is N#CNC(=NCC(C(=[NH2+])c1ccc(F)cc1)N1CCCC1=O)NCCc1ccccc1F. The number of hydrogen-bond acceptors (Lipinski definition) is 3. The van der Waals surface area contributed by atoms with Gasteiger partial charge in [0.15, 0.2) is 6.19 Å². The van der Waals surface area contributed by atoms with Crippen LogP contribution in [0.1, 0.15) is 24.0 Å². The largest absolute Gasteiger partial charge is 0.355 e. The van der Waals surface area contributed by atoms with Gasteiger partial charge in [0, 0.05) is 25.1 Å². The Labute approximate surface area is 185 Å². The van der Waals surface area contributed by atoms with Gasteiger partial charge in [0.25, 0.3) is 0 Å². The predicted molar refractivity (Wildman–Crippen MR) is 116 cm³/mol. The molecule has 9 heteroatoms. The summed E-state index contributed by atoms with van der Waals surface area (Å²) < 4.78 is 27.1. The number of benzene rings is 2. The molecular formula is C23H25F2N6O+. The van der Waals surface area contributed by atoms with Gasteiger partial charge in [-0.3, -0.25) is 15.5 Å². The molecule has 1 fully saturated rings. The van der Waals surface area contributed by atoms with Crippen molar-refractivity contribution in [3.8, 4) is 6.19 Å². The minimum atomic E-state index is -0.542. The Bertz CT molecular complexity index is 1030. The molecule has 3 rings (SSSR count). The lowest BCUT2D eigenvalue weighted by atomic mass is 10.0. The summed E-state index contributed by atoms with van der Waals surface area (Å²) in [5, 5.41) is 20.9. The molecule has 1 amide bonds. The highest BCUT2D eigenvalue weighted by molar-refractivity contribution is 6.02. The molecule has 2 aromatic rings. The number of halogens is 2. The molecule has 7 nitrogen and oxygen atoms in total. The first kappa shape index (κ1) is 22.9. The van der Waals surface area contributed by atoms with E-state index in [9.17, 15) is 13.6 Å². The van der Waals surface area contributed by atoms with Crippen molar-refractivity contribution in [2.75, 3.05) is 19.6 Å². The summed E-state index contributed by atoms with van der Waals surface area (Å²) in [6, 6.07) is 11.7. The van der Waals surface area contributed by atoms with E-state index >= 15 is 0 Å². The van der Waals surface area contributed by atoms with Crippen LogP contribution in [0.25, 0.3) is 0 Å². The maximum Gasteiger partial charge on any atom is 0.223 e. The van der Waals surface area contributed by atoms with Crippen molar-refractivity contribution >= 4 is 17.6 Å². The molecule has 1 saturated heterocycles. The van der Waals surface area contributed by atoms with Gasteiger partial charge in [0.2, 0.25) is 17.6 Å². The van der Waals surface area contributed by atoms with Crippen molar-refractivity contribution in [1.29, 1.82) is 5.26 Å². The third kappa shape index (κ3) is 5.88. The molecular weight excluding hydrogens is 414 g/mol. The third-order valence-electron chi connectivity index (χ3n) is 5.26. The van der Waals surface area contributed by atoms with Gasteiger partial charge in [-0.15, -0.1) is 0 Å². The van der Waals surface area contributed by atoms with E-state index in [2.05, 4.69) is 15.6 Å². The number of carbonyl (C=O) groups is 1. The fourth-order valence-electron chi connectivity index (χ4n) is 3.59. The van der Waals surface area contributed by atoms with Crippen molar-refractivity contribution < 1.29 is 19.0 Å².